The summed E-state index contributed by atoms with van der Waals surface area (Å²) in [7, 11) is 0. The Morgan fingerprint density at radius 3 is 2.17 bits per heavy atom. The molecule has 1 aromatic heterocycles. The molecule has 4 nitrogen and oxygen atoms in total. The zero-order valence-corrected chi connectivity index (χ0v) is 19.4. The lowest BCUT2D eigenvalue weighted by molar-refractivity contribution is -0.0979. The first-order valence-corrected chi connectivity index (χ1v) is 10.4. The second kappa shape index (κ2) is 15.0. The van der Waals surface area contributed by atoms with Crippen LogP contribution < -0.4 is 5.32 Å². The third-order valence-electron chi connectivity index (χ3n) is 4.77. The summed E-state index contributed by atoms with van der Waals surface area (Å²) in [4.78, 5) is 12.7. The highest BCUT2D eigenvalue weighted by Crippen LogP contribution is 2.25. The van der Waals surface area contributed by atoms with Gasteiger partial charge in [-0.3, -0.25) is 4.57 Å². The Hall–Kier alpha value is -2.90. The van der Waals surface area contributed by atoms with Crippen LogP contribution in [0.1, 0.15) is 50.6 Å². The molecule has 0 radical (unpaired) electrons. The highest BCUT2D eigenvalue weighted by atomic mass is 16.1. The van der Waals surface area contributed by atoms with E-state index in [0.717, 1.165) is 17.9 Å². The van der Waals surface area contributed by atoms with Crippen LogP contribution in [0.4, 0.5) is 0 Å². The van der Waals surface area contributed by atoms with Crippen molar-refractivity contribution in [1.82, 2.24) is 14.9 Å². The first kappa shape index (κ1) is 27.1. The molecule has 1 heterocycles. The number of para-hydroxylation sites is 2. The van der Waals surface area contributed by atoms with Crippen LogP contribution in [0.15, 0.2) is 42.5 Å². The molecule has 0 amide bonds. The quantitative estimate of drug-likeness (QED) is 0.544. The molecule has 30 heavy (non-hydrogen) atoms. The normalized spacial score (nSPS) is 10.5. The van der Waals surface area contributed by atoms with Gasteiger partial charge in [0, 0.05) is 6.04 Å². The van der Waals surface area contributed by atoms with E-state index >= 15 is 0 Å². The van der Waals surface area contributed by atoms with Crippen LogP contribution >= 0.6 is 0 Å². The Bertz CT molecular complexity index is 896. The molecule has 0 aliphatic carbocycles. The summed E-state index contributed by atoms with van der Waals surface area (Å²) < 4.78 is 2.23. The predicted molar refractivity (Wildman–Crippen MR) is 130 cm³/mol. The zero-order chi connectivity index (χ0) is 23.1. The highest BCUT2D eigenvalue weighted by Gasteiger charge is 2.11. The lowest BCUT2D eigenvalue weighted by atomic mass is 10.1. The SMILES string of the molecule is C#C.C=O.CCCNC(C)CC.Cc1ccccc1-n1c(C)nc2c(C)cccc21. The molecule has 3 aromatic rings. The van der Waals surface area contributed by atoms with Gasteiger partial charge in [-0.15, -0.1) is 12.8 Å². The molecule has 0 bridgehead atoms. The maximum absolute atomic E-state index is 8.00. The van der Waals surface area contributed by atoms with Crippen molar-refractivity contribution in [3.05, 3.63) is 59.4 Å². The smallest absolute Gasteiger partial charge is 0.111 e. The van der Waals surface area contributed by atoms with Crippen molar-refractivity contribution in [1.29, 1.82) is 0 Å². The summed E-state index contributed by atoms with van der Waals surface area (Å²) in [6.07, 6.45) is 10.5. The number of rotatable bonds is 5. The highest BCUT2D eigenvalue weighted by molar-refractivity contribution is 5.81. The lowest BCUT2D eigenvalue weighted by Crippen LogP contribution is -2.25. The van der Waals surface area contributed by atoms with Crippen LogP contribution in [0.2, 0.25) is 0 Å². The number of nitrogens with zero attached hydrogens (tertiary/aromatic N) is 2. The van der Waals surface area contributed by atoms with Crippen LogP contribution in [0.25, 0.3) is 16.7 Å². The fraction of sp³-hybridized carbons (Fsp3) is 0.385. The largest absolute Gasteiger partial charge is 0.314 e. The van der Waals surface area contributed by atoms with Crippen LogP contribution in [0, 0.1) is 33.6 Å². The first-order chi connectivity index (χ1) is 14.5. The van der Waals surface area contributed by atoms with Crippen molar-refractivity contribution in [2.75, 3.05) is 6.54 Å². The molecule has 3 rings (SSSR count). The molecule has 0 aliphatic heterocycles. The van der Waals surface area contributed by atoms with E-state index in [2.05, 4.69) is 107 Å². The van der Waals surface area contributed by atoms with Gasteiger partial charge in [0.05, 0.1) is 16.7 Å². The predicted octanol–water partition coefficient (Wildman–Crippen LogP) is 5.80. The van der Waals surface area contributed by atoms with Gasteiger partial charge in [0.25, 0.3) is 0 Å². The van der Waals surface area contributed by atoms with Crippen molar-refractivity contribution < 1.29 is 4.79 Å². The van der Waals surface area contributed by atoms with Crippen molar-refractivity contribution in [3.8, 4) is 18.5 Å². The summed E-state index contributed by atoms with van der Waals surface area (Å²) >= 11 is 0. The van der Waals surface area contributed by atoms with Crippen LogP contribution in [-0.4, -0.2) is 28.9 Å². The van der Waals surface area contributed by atoms with E-state index in [-0.39, 0.29) is 0 Å². The summed E-state index contributed by atoms with van der Waals surface area (Å²) in [5.74, 6) is 1.04. The van der Waals surface area contributed by atoms with Gasteiger partial charge >= 0.3 is 0 Å². The van der Waals surface area contributed by atoms with Gasteiger partial charge in [-0.2, -0.15) is 0 Å². The van der Waals surface area contributed by atoms with Gasteiger partial charge in [0.15, 0.2) is 0 Å². The summed E-state index contributed by atoms with van der Waals surface area (Å²) in [5, 5.41) is 3.38. The van der Waals surface area contributed by atoms with Crippen molar-refractivity contribution in [2.45, 2.75) is 60.4 Å². The number of hydrogen-bond donors (Lipinski definition) is 1. The number of aryl methyl sites for hydroxylation is 3. The Labute approximate surface area is 182 Å². The number of imidazole rings is 1. The van der Waals surface area contributed by atoms with Gasteiger partial charge in [0.1, 0.15) is 12.6 Å². The van der Waals surface area contributed by atoms with Crippen LogP contribution in [0.5, 0.6) is 0 Å². The second-order valence-corrected chi connectivity index (χ2v) is 6.99. The minimum Gasteiger partial charge on any atom is -0.314 e. The van der Waals surface area contributed by atoms with E-state index in [1.807, 2.05) is 6.79 Å². The van der Waals surface area contributed by atoms with Gasteiger partial charge in [-0.1, -0.05) is 44.2 Å². The molecule has 0 saturated carbocycles. The van der Waals surface area contributed by atoms with E-state index in [0.29, 0.717) is 6.04 Å². The topological polar surface area (TPSA) is 46.9 Å². The number of benzene rings is 2. The fourth-order valence-electron chi connectivity index (χ4n) is 3.01. The maximum atomic E-state index is 8.00. The van der Waals surface area contributed by atoms with Crippen LogP contribution in [-0.2, 0) is 4.79 Å². The molecule has 1 unspecified atom stereocenters. The molecule has 1 N–H and O–H groups in total. The van der Waals surface area contributed by atoms with E-state index in [9.17, 15) is 0 Å². The van der Waals surface area contributed by atoms with Gasteiger partial charge in [-0.05, 0) is 70.3 Å². The molecule has 1 atom stereocenters. The van der Waals surface area contributed by atoms with E-state index in [1.54, 1.807) is 0 Å². The average Bonchev–Trinajstić information content (AvgIpc) is 3.13. The fourth-order valence-corrected chi connectivity index (χ4v) is 3.01. The number of hydrogen-bond acceptors (Lipinski definition) is 3. The molecule has 0 aliphatic rings. The van der Waals surface area contributed by atoms with E-state index in [1.165, 1.54) is 35.2 Å². The van der Waals surface area contributed by atoms with Gasteiger partial charge in [-0.25, -0.2) is 4.98 Å². The minimum atomic E-state index is 0.704. The third-order valence-corrected chi connectivity index (χ3v) is 4.77. The molecule has 162 valence electrons. The van der Waals surface area contributed by atoms with Crippen LogP contribution in [0.3, 0.4) is 0 Å². The molecule has 2 aromatic carbocycles. The molecule has 0 fully saturated rings. The number of nitrogens with one attached hydrogen (secondary N) is 1. The Kier molecular flexibility index (Phi) is 13.6. The third kappa shape index (κ3) is 7.50. The van der Waals surface area contributed by atoms with Crippen molar-refractivity contribution in [2.24, 2.45) is 0 Å². The van der Waals surface area contributed by atoms with Crippen molar-refractivity contribution >= 4 is 17.8 Å². The summed E-state index contributed by atoms with van der Waals surface area (Å²) in [6, 6.07) is 15.5. The molecule has 0 spiro atoms. The monoisotopic (exact) mass is 407 g/mol. The van der Waals surface area contributed by atoms with E-state index < -0.39 is 0 Å². The molecular weight excluding hydrogens is 370 g/mol. The average molecular weight is 408 g/mol. The van der Waals surface area contributed by atoms with Gasteiger partial charge in [0.2, 0.25) is 0 Å². The standard InChI is InChI=1S/C16H16N2.C7H17N.C2H2.CH2O/c1-11-7-4-5-9-14(11)18-13(3)17-16-12(2)8-6-10-15(16)18;1-4-6-8-7(3)5-2;2*1-2/h4-10H,1-3H3;7-8H,4-6H2,1-3H3;1-2H;1H2. The number of carbonyl (C=O) groups excluding carboxylic acids is 1. The maximum Gasteiger partial charge on any atom is 0.111 e. The van der Waals surface area contributed by atoms with Crippen molar-refractivity contribution in [3.63, 3.8) is 0 Å². The molecule has 0 saturated heterocycles. The van der Waals surface area contributed by atoms with E-state index in [4.69, 9.17) is 9.78 Å². The number of terminal acetylenes is 1. The Morgan fingerprint density at radius 2 is 1.60 bits per heavy atom. The summed E-state index contributed by atoms with van der Waals surface area (Å²) in [5.41, 5.74) is 5.98. The Balaban J connectivity index is 0.000000596. The zero-order valence-electron chi connectivity index (χ0n) is 19.4. The number of aromatic nitrogens is 2. The number of carbonyl (C=O) groups is 1. The molecule has 4 heteroatoms. The lowest BCUT2D eigenvalue weighted by Gasteiger charge is -2.10. The minimum absolute atomic E-state index is 0.704. The number of fused-ring (bicyclic) bond motifs is 1. The molecular formula is C26H37N3O. The summed E-state index contributed by atoms with van der Waals surface area (Å²) in [6.45, 7) is 16.1. The first-order valence-electron chi connectivity index (χ1n) is 10.4. The van der Waals surface area contributed by atoms with Gasteiger partial charge < -0.3 is 10.1 Å². The second-order valence-electron chi connectivity index (χ2n) is 6.99. The Morgan fingerprint density at radius 1 is 1.00 bits per heavy atom.